The fourth-order valence-corrected chi connectivity index (χ4v) is 3.55. The van der Waals surface area contributed by atoms with Crippen molar-refractivity contribution in [1.82, 2.24) is 4.90 Å². The van der Waals surface area contributed by atoms with Gasteiger partial charge in [0.15, 0.2) is 6.61 Å². The summed E-state index contributed by atoms with van der Waals surface area (Å²) < 4.78 is 11.2. The van der Waals surface area contributed by atoms with Crippen molar-refractivity contribution in [2.75, 3.05) is 27.3 Å². The first-order chi connectivity index (χ1) is 15.8. The Bertz CT molecular complexity index is 1110. The summed E-state index contributed by atoms with van der Waals surface area (Å²) in [5.74, 6) is 0.201. The molecule has 0 amide bonds. The fourth-order valence-electron chi connectivity index (χ4n) is 3.42. The van der Waals surface area contributed by atoms with Gasteiger partial charge in [0, 0.05) is 11.6 Å². The topological polar surface area (TPSA) is 59.0 Å². The summed E-state index contributed by atoms with van der Waals surface area (Å²) in [7, 11) is 4.10. The van der Waals surface area contributed by atoms with Crippen LogP contribution in [0, 0.1) is 6.92 Å². The van der Waals surface area contributed by atoms with Crippen LogP contribution in [0.2, 0.25) is 5.02 Å². The lowest BCUT2D eigenvalue weighted by Gasteiger charge is -2.13. The number of aryl methyl sites for hydroxylation is 1. The Labute approximate surface area is 199 Å². The summed E-state index contributed by atoms with van der Waals surface area (Å²) in [5.41, 5.74) is 5.26. The molecule has 33 heavy (non-hydrogen) atoms. The highest BCUT2D eigenvalue weighted by atomic mass is 35.5. The van der Waals surface area contributed by atoms with E-state index in [1.807, 2.05) is 43.3 Å². The molecule has 0 radical (unpaired) electrons. The third-order valence-corrected chi connectivity index (χ3v) is 5.21. The number of hydrogen-bond acceptors (Lipinski definition) is 4. The normalized spacial score (nSPS) is 11.5. The molecular formula is C27H28ClNO4. The number of hydrogen-bond donors (Lipinski definition) is 1. The minimum absolute atomic E-state index is 0.367. The van der Waals surface area contributed by atoms with Gasteiger partial charge in [-0.3, -0.25) is 0 Å². The summed E-state index contributed by atoms with van der Waals surface area (Å²) in [5, 5.41) is 9.47. The molecule has 0 aliphatic heterocycles. The lowest BCUT2D eigenvalue weighted by molar-refractivity contribution is -0.139. The van der Waals surface area contributed by atoms with Crippen molar-refractivity contribution in [2.24, 2.45) is 0 Å². The fraction of sp³-hybridized carbons (Fsp3) is 0.222. The van der Waals surface area contributed by atoms with Crippen LogP contribution in [0.3, 0.4) is 0 Å². The molecule has 172 valence electrons. The van der Waals surface area contributed by atoms with E-state index in [1.54, 1.807) is 12.1 Å². The monoisotopic (exact) mass is 465 g/mol. The van der Waals surface area contributed by atoms with Crippen LogP contribution < -0.4 is 9.47 Å². The molecule has 0 aliphatic carbocycles. The molecule has 0 spiro atoms. The smallest absolute Gasteiger partial charge is 0.341 e. The van der Waals surface area contributed by atoms with E-state index < -0.39 is 5.97 Å². The highest BCUT2D eigenvalue weighted by Gasteiger charge is 2.08. The van der Waals surface area contributed by atoms with Crippen LogP contribution in [-0.4, -0.2) is 43.3 Å². The molecule has 0 atom stereocenters. The van der Waals surface area contributed by atoms with Gasteiger partial charge in [0.2, 0.25) is 0 Å². The predicted octanol–water partition coefficient (Wildman–Crippen LogP) is 5.68. The number of carbonyl (C=O) groups is 1. The van der Waals surface area contributed by atoms with Crippen LogP contribution in [0.5, 0.6) is 11.5 Å². The Morgan fingerprint density at radius 2 is 1.61 bits per heavy atom. The second-order valence-electron chi connectivity index (χ2n) is 7.98. The number of benzene rings is 3. The maximum absolute atomic E-state index is 10.7. The van der Waals surface area contributed by atoms with Crippen LogP contribution in [-0.2, 0) is 11.3 Å². The minimum Gasteiger partial charge on any atom is -0.489 e. The maximum atomic E-state index is 10.7. The van der Waals surface area contributed by atoms with E-state index in [1.165, 1.54) is 5.56 Å². The van der Waals surface area contributed by atoms with Crippen LogP contribution in [0.4, 0.5) is 0 Å². The number of rotatable bonds is 10. The molecule has 1 N–H and O–H groups in total. The number of carboxylic acid groups (broad SMARTS) is 1. The van der Waals surface area contributed by atoms with Crippen molar-refractivity contribution in [2.45, 2.75) is 13.5 Å². The summed E-state index contributed by atoms with van der Waals surface area (Å²) in [6.07, 6.45) is 2.05. The quantitative estimate of drug-likeness (QED) is 0.417. The summed E-state index contributed by atoms with van der Waals surface area (Å²) >= 11 is 6.09. The molecule has 6 heteroatoms. The average Bonchev–Trinajstić information content (AvgIpc) is 2.77. The highest BCUT2D eigenvalue weighted by molar-refractivity contribution is 6.30. The van der Waals surface area contributed by atoms with Gasteiger partial charge in [-0.15, -0.1) is 0 Å². The molecule has 0 aliphatic rings. The lowest BCUT2D eigenvalue weighted by atomic mass is 9.96. The Hall–Kier alpha value is -3.28. The van der Waals surface area contributed by atoms with Gasteiger partial charge in [0.05, 0.1) is 0 Å². The first-order valence-corrected chi connectivity index (χ1v) is 11.0. The van der Waals surface area contributed by atoms with E-state index in [-0.39, 0.29) is 6.61 Å². The van der Waals surface area contributed by atoms with Gasteiger partial charge in [0.25, 0.3) is 0 Å². The molecule has 3 rings (SSSR count). The molecule has 3 aromatic rings. The van der Waals surface area contributed by atoms with Crippen molar-refractivity contribution in [3.05, 3.63) is 100 Å². The second-order valence-corrected chi connectivity index (χ2v) is 8.42. The van der Waals surface area contributed by atoms with Crippen LogP contribution in [0.25, 0.3) is 5.57 Å². The molecule has 5 nitrogen and oxygen atoms in total. The molecule has 0 saturated carbocycles. The van der Waals surface area contributed by atoms with Gasteiger partial charge in [-0.05, 0) is 85.3 Å². The maximum Gasteiger partial charge on any atom is 0.341 e. The number of ether oxygens (including phenoxy) is 2. The van der Waals surface area contributed by atoms with E-state index in [0.717, 1.165) is 28.8 Å². The van der Waals surface area contributed by atoms with Gasteiger partial charge in [-0.1, -0.05) is 48.0 Å². The number of aliphatic carboxylic acids is 1. The van der Waals surface area contributed by atoms with Crippen LogP contribution in [0.1, 0.15) is 22.3 Å². The van der Waals surface area contributed by atoms with Crippen molar-refractivity contribution in [3.8, 4) is 11.5 Å². The van der Waals surface area contributed by atoms with Gasteiger partial charge in [-0.2, -0.15) is 0 Å². The van der Waals surface area contributed by atoms with Crippen LogP contribution in [0.15, 0.2) is 72.8 Å². The van der Waals surface area contributed by atoms with Crippen LogP contribution >= 0.6 is 11.6 Å². The van der Waals surface area contributed by atoms with Gasteiger partial charge in [0.1, 0.15) is 18.1 Å². The Kier molecular flexibility index (Phi) is 8.52. The minimum atomic E-state index is -1.01. The Balaban J connectivity index is 1.78. The highest BCUT2D eigenvalue weighted by Crippen LogP contribution is 2.27. The van der Waals surface area contributed by atoms with Crippen molar-refractivity contribution >= 4 is 23.1 Å². The summed E-state index contributed by atoms with van der Waals surface area (Å²) in [4.78, 5) is 12.8. The molecule has 0 fully saturated rings. The molecule has 0 heterocycles. The molecule has 0 unspecified atom stereocenters. The summed E-state index contributed by atoms with van der Waals surface area (Å²) in [6.45, 7) is 2.73. The largest absolute Gasteiger partial charge is 0.489 e. The average molecular weight is 466 g/mol. The predicted molar refractivity (Wildman–Crippen MR) is 132 cm³/mol. The van der Waals surface area contributed by atoms with Crippen molar-refractivity contribution in [3.63, 3.8) is 0 Å². The Morgan fingerprint density at radius 3 is 2.18 bits per heavy atom. The Morgan fingerprint density at radius 1 is 0.970 bits per heavy atom. The molecule has 0 aromatic heterocycles. The standard InChI is InChI=1S/C27H28ClNO4/c1-19-16-24(12-13-26(19)33-18-27(30)31)32-15-14-25(22-8-10-23(28)11-9-22)21-6-4-20(5-7-21)17-29(2)3/h4-14,16H,15,17-18H2,1-3H3,(H,30,31)/b25-14+. The molecule has 0 bridgehead atoms. The SMILES string of the molecule is Cc1cc(OC/C=C(/c2ccc(Cl)cc2)c2ccc(CN(C)C)cc2)ccc1OCC(=O)O. The first-order valence-electron chi connectivity index (χ1n) is 10.6. The van der Waals surface area contributed by atoms with Gasteiger partial charge in [-0.25, -0.2) is 4.79 Å². The van der Waals surface area contributed by atoms with Gasteiger partial charge < -0.3 is 19.5 Å². The zero-order valence-electron chi connectivity index (χ0n) is 19.0. The van der Waals surface area contributed by atoms with E-state index >= 15 is 0 Å². The summed E-state index contributed by atoms with van der Waals surface area (Å²) in [6, 6.07) is 21.6. The van der Waals surface area contributed by atoms with E-state index in [0.29, 0.717) is 23.1 Å². The lowest BCUT2D eigenvalue weighted by Crippen LogP contribution is -2.10. The number of nitrogens with zero attached hydrogens (tertiary/aromatic N) is 1. The molecular weight excluding hydrogens is 438 g/mol. The van der Waals surface area contributed by atoms with E-state index in [2.05, 4.69) is 43.3 Å². The third kappa shape index (κ3) is 7.38. The second kappa shape index (κ2) is 11.5. The zero-order valence-corrected chi connectivity index (χ0v) is 19.8. The van der Waals surface area contributed by atoms with E-state index in [9.17, 15) is 4.79 Å². The first kappa shape index (κ1) is 24.4. The molecule has 3 aromatic carbocycles. The number of carboxylic acids is 1. The van der Waals surface area contributed by atoms with Crippen molar-refractivity contribution in [1.29, 1.82) is 0 Å². The van der Waals surface area contributed by atoms with Gasteiger partial charge >= 0.3 is 5.97 Å². The molecule has 0 saturated heterocycles. The zero-order chi connectivity index (χ0) is 23.8. The third-order valence-electron chi connectivity index (χ3n) is 4.95. The number of halogens is 1. The van der Waals surface area contributed by atoms with E-state index in [4.69, 9.17) is 26.2 Å². The van der Waals surface area contributed by atoms with Crippen molar-refractivity contribution < 1.29 is 19.4 Å².